The number of allylic oxidation sites excluding steroid dienone is 1. The van der Waals surface area contributed by atoms with Crippen LogP contribution in [0, 0.1) is 5.92 Å². The van der Waals surface area contributed by atoms with Crippen LogP contribution in [-0.2, 0) is 9.53 Å². The van der Waals surface area contributed by atoms with Gasteiger partial charge in [0.25, 0.3) is 0 Å². The summed E-state index contributed by atoms with van der Waals surface area (Å²) >= 11 is 3.40. The van der Waals surface area contributed by atoms with Gasteiger partial charge in [0.1, 0.15) is 6.10 Å². The van der Waals surface area contributed by atoms with Crippen molar-refractivity contribution in [3.8, 4) is 0 Å². The van der Waals surface area contributed by atoms with E-state index in [9.17, 15) is 9.59 Å². The minimum Gasteiger partial charge on any atom is -0.459 e. The highest BCUT2D eigenvalue weighted by Crippen LogP contribution is 2.32. The second kappa shape index (κ2) is 6.97. The molecule has 1 fully saturated rings. The highest BCUT2D eigenvalue weighted by molar-refractivity contribution is 9.10. The average Bonchev–Trinajstić information content (AvgIpc) is 2.92. The molecule has 0 radical (unpaired) electrons. The molecule has 1 aromatic carbocycles. The summed E-state index contributed by atoms with van der Waals surface area (Å²) in [5.74, 6) is 0.0267. The molecule has 0 unspecified atom stereocenters. The van der Waals surface area contributed by atoms with Crippen LogP contribution in [0.2, 0.25) is 0 Å². The summed E-state index contributed by atoms with van der Waals surface area (Å²) in [5.41, 5.74) is 1.86. The van der Waals surface area contributed by atoms with Gasteiger partial charge < -0.3 is 15.4 Å². The molecule has 0 aromatic heterocycles. The van der Waals surface area contributed by atoms with Crippen LogP contribution in [0.4, 0.5) is 4.79 Å². The number of hydrogen-bond donors (Lipinski definition) is 2. The first-order valence-corrected chi connectivity index (χ1v) is 8.99. The van der Waals surface area contributed by atoms with Crippen molar-refractivity contribution in [3.05, 3.63) is 45.6 Å². The van der Waals surface area contributed by atoms with E-state index in [1.165, 1.54) is 0 Å². The maximum absolute atomic E-state index is 12.8. The molecule has 2 N–H and O–H groups in total. The summed E-state index contributed by atoms with van der Waals surface area (Å²) < 4.78 is 6.69. The Kier molecular flexibility index (Phi) is 4.94. The van der Waals surface area contributed by atoms with Gasteiger partial charge in [-0.2, -0.15) is 0 Å². The summed E-state index contributed by atoms with van der Waals surface area (Å²) in [6.45, 7) is 3.85. The van der Waals surface area contributed by atoms with E-state index < -0.39 is 6.04 Å². The zero-order valence-electron chi connectivity index (χ0n) is 13.8. The molecule has 1 aliphatic carbocycles. The van der Waals surface area contributed by atoms with Gasteiger partial charge in [0.15, 0.2) is 0 Å². The number of urea groups is 1. The molecule has 1 heterocycles. The lowest BCUT2D eigenvalue weighted by Gasteiger charge is -2.29. The van der Waals surface area contributed by atoms with Crippen LogP contribution in [-0.4, -0.2) is 18.1 Å². The van der Waals surface area contributed by atoms with Crippen molar-refractivity contribution in [1.29, 1.82) is 0 Å². The van der Waals surface area contributed by atoms with Crippen LogP contribution >= 0.6 is 15.9 Å². The third-order valence-corrected chi connectivity index (χ3v) is 5.26. The quantitative estimate of drug-likeness (QED) is 0.768. The molecule has 0 bridgehead atoms. The molecule has 1 aromatic rings. The Morgan fingerprint density at radius 3 is 2.58 bits per heavy atom. The number of nitrogens with one attached hydrogen (secondary N) is 2. The zero-order chi connectivity index (χ0) is 17.3. The van der Waals surface area contributed by atoms with Crippen molar-refractivity contribution >= 4 is 27.9 Å². The minimum atomic E-state index is -0.504. The maximum atomic E-state index is 12.8. The summed E-state index contributed by atoms with van der Waals surface area (Å²) in [5, 5.41) is 5.50. The Bertz CT molecular complexity index is 684. The summed E-state index contributed by atoms with van der Waals surface area (Å²) in [4.78, 5) is 24.7. The fourth-order valence-electron chi connectivity index (χ4n) is 3.36. The molecule has 24 heavy (non-hydrogen) atoms. The number of ether oxygens (including phenoxy) is 1. The Balaban J connectivity index is 1.88. The van der Waals surface area contributed by atoms with Gasteiger partial charge in [-0.05, 0) is 49.8 Å². The minimum absolute atomic E-state index is 0.0407. The molecule has 6 heteroatoms. The predicted octanol–water partition coefficient (Wildman–Crippen LogP) is 3.81. The number of hydrogen-bond acceptors (Lipinski definition) is 3. The molecule has 2 amide bonds. The molecule has 1 saturated carbocycles. The summed E-state index contributed by atoms with van der Waals surface area (Å²) in [7, 11) is 0. The topological polar surface area (TPSA) is 67.4 Å². The number of amides is 2. The van der Waals surface area contributed by atoms with Gasteiger partial charge in [0.05, 0.1) is 11.6 Å². The third-order valence-electron chi connectivity index (χ3n) is 4.73. The molecule has 0 spiro atoms. The van der Waals surface area contributed by atoms with Crippen molar-refractivity contribution in [2.45, 2.75) is 45.3 Å². The summed E-state index contributed by atoms with van der Waals surface area (Å²) in [6.07, 6.45) is 3.03. The number of carbonyl (C=O) groups is 2. The Morgan fingerprint density at radius 2 is 1.96 bits per heavy atom. The van der Waals surface area contributed by atoms with Crippen LogP contribution in [0.5, 0.6) is 0 Å². The Morgan fingerprint density at radius 1 is 1.25 bits per heavy atom. The molecular weight excluding hydrogens is 372 g/mol. The highest BCUT2D eigenvalue weighted by atomic mass is 79.9. The number of carbonyl (C=O) groups excluding carboxylic acids is 2. The normalized spacial score (nSPS) is 26.8. The van der Waals surface area contributed by atoms with E-state index in [0.29, 0.717) is 17.2 Å². The van der Waals surface area contributed by atoms with Crippen LogP contribution in [0.3, 0.4) is 0 Å². The number of benzene rings is 1. The zero-order valence-corrected chi connectivity index (χ0v) is 15.4. The first-order valence-electron chi connectivity index (χ1n) is 8.20. The van der Waals surface area contributed by atoms with E-state index in [2.05, 4.69) is 33.5 Å². The predicted molar refractivity (Wildman–Crippen MR) is 94.1 cm³/mol. The first kappa shape index (κ1) is 17.0. The van der Waals surface area contributed by atoms with Crippen molar-refractivity contribution in [1.82, 2.24) is 10.6 Å². The third kappa shape index (κ3) is 3.48. The van der Waals surface area contributed by atoms with Crippen molar-refractivity contribution in [3.63, 3.8) is 0 Å². The van der Waals surface area contributed by atoms with Crippen molar-refractivity contribution < 1.29 is 14.3 Å². The number of halogens is 1. The first-order chi connectivity index (χ1) is 11.5. The second-order valence-electron chi connectivity index (χ2n) is 6.47. The fraction of sp³-hybridized carbons (Fsp3) is 0.444. The van der Waals surface area contributed by atoms with Crippen LogP contribution in [0.25, 0.3) is 0 Å². The molecule has 0 saturated heterocycles. The number of esters is 1. The lowest BCUT2D eigenvalue weighted by Crippen LogP contribution is -2.45. The average molecular weight is 393 g/mol. The fourth-order valence-corrected chi connectivity index (χ4v) is 3.62. The molecule has 128 valence electrons. The Hall–Kier alpha value is -1.82. The van der Waals surface area contributed by atoms with E-state index >= 15 is 0 Å². The van der Waals surface area contributed by atoms with Gasteiger partial charge in [-0.3, -0.25) is 0 Å². The van der Waals surface area contributed by atoms with Crippen molar-refractivity contribution in [2.24, 2.45) is 5.92 Å². The van der Waals surface area contributed by atoms with E-state index in [1.54, 1.807) is 6.92 Å². The Labute approximate surface area is 150 Å². The monoisotopic (exact) mass is 392 g/mol. The van der Waals surface area contributed by atoms with E-state index in [1.807, 2.05) is 24.3 Å². The van der Waals surface area contributed by atoms with Crippen LogP contribution in [0.15, 0.2) is 40.0 Å². The molecule has 1 aliphatic heterocycles. The SMILES string of the molecule is CC1=C(C(=O)O[C@@H]2CCC[C@H]2C)[C@H](c2ccc(Br)cc2)NC(=O)N1. The molecule has 3 atom stereocenters. The highest BCUT2D eigenvalue weighted by Gasteiger charge is 2.35. The second-order valence-corrected chi connectivity index (χ2v) is 7.39. The lowest BCUT2D eigenvalue weighted by molar-refractivity contribution is -0.146. The van der Waals surface area contributed by atoms with Gasteiger partial charge in [-0.15, -0.1) is 0 Å². The smallest absolute Gasteiger partial charge is 0.338 e. The van der Waals surface area contributed by atoms with E-state index in [-0.39, 0.29) is 18.1 Å². The van der Waals surface area contributed by atoms with Gasteiger partial charge in [0.2, 0.25) is 0 Å². The molecule has 5 nitrogen and oxygen atoms in total. The van der Waals surface area contributed by atoms with Gasteiger partial charge >= 0.3 is 12.0 Å². The molecular formula is C18H21BrN2O3. The lowest BCUT2D eigenvalue weighted by atomic mass is 9.95. The van der Waals surface area contributed by atoms with E-state index in [0.717, 1.165) is 29.3 Å². The maximum Gasteiger partial charge on any atom is 0.338 e. The largest absolute Gasteiger partial charge is 0.459 e. The van der Waals surface area contributed by atoms with Gasteiger partial charge in [0, 0.05) is 10.2 Å². The number of rotatable bonds is 3. The van der Waals surface area contributed by atoms with Crippen LogP contribution in [0.1, 0.15) is 44.7 Å². The van der Waals surface area contributed by atoms with Gasteiger partial charge in [-0.25, -0.2) is 9.59 Å². The van der Waals surface area contributed by atoms with Crippen molar-refractivity contribution in [2.75, 3.05) is 0 Å². The van der Waals surface area contributed by atoms with E-state index in [4.69, 9.17) is 4.74 Å². The molecule has 2 aliphatic rings. The van der Waals surface area contributed by atoms with Gasteiger partial charge in [-0.1, -0.05) is 35.0 Å². The summed E-state index contributed by atoms with van der Waals surface area (Å²) in [6, 6.07) is 6.74. The standard InChI is InChI=1S/C18H21BrN2O3/c1-10-4-3-5-14(10)24-17(22)15-11(2)20-18(23)21-16(15)12-6-8-13(19)9-7-12/h6-10,14,16H,3-5H2,1-2H3,(H2,20,21,23)/t10-,14-,16+/m1/s1. The molecule has 3 rings (SSSR count). The van der Waals surface area contributed by atoms with Crippen LogP contribution < -0.4 is 10.6 Å².